The van der Waals surface area contributed by atoms with Gasteiger partial charge in [-0.1, -0.05) is 53.5 Å². The molecule has 4 amide bonds. The van der Waals surface area contributed by atoms with E-state index >= 15 is 0 Å². The van der Waals surface area contributed by atoms with Crippen molar-refractivity contribution in [2.24, 2.45) is 0 Å². The van der Waals surface area contributed by atoms with E-state index < -0.39 is 24.4 Å². The summed E-state index contributed by atoms with van der Waals surface area (Å²) in [4.78, 5) is 38.3. The number of carbonyl (C=O) groups is 3. The fourth-order valence-electron chi connectivity index (χ4n) is 3.42. The van der Waals surface area contributed by atoms with Gasteiger partial charge in [0.2, 0.25) is 5.91 Å². The van der Waals surface area contributed by atoms with Crippen molar-refractivity contribution in [3.63, 3.8) is 0 Å². The van der Waals surface area contributed by atoms with Crippen LogP contribution in [-0.2, 0) is 16.2 Å². The molecule has 0 unspecified atom stereocenters. The number of hydrogen-bond acceptors (Lipinski definition) is 5. The average Bonchev–Trinajstić information content (AvgIpc) is 3.12. The van der Waals surface area contributed by atoms with Gasteiger partial charge in [0.15, 0.2) is 0 Å². The molecule has 36 heavy (non-hydrogen) atoms. The van der Waals surface area contributed by atoms with Gasteiger partial charge in [-0.25, -0.2) is 9.69 Å². The summed E-state index contributed by atoms with van der Waals surface area (Å²) in [5.74, 6) is -0.0775. The van der Waals surface area contributed by atoms with Gasteiger partial charge in [-0.2, -0.15) is 0 Å². The lowest BCUT2D eigenvalue weighted by atomic mass is 10.2. The minimum absolute atomic E-state index is 0.0618. The summed E-state index contributed by atoms with van der Waals surface area (Å²) in [6.45, 7) is -0.184. The molecule has 2 N–H and O–H groups in total. The maximum atomic E-state index is 12.7. The molecule has 0 bridgehead atoms. The van der Waals surface area contributed by atoms with Crippen LogP contribution in [0.25, 0.3) is 6.08 Å². The first kappa shape index (κ1) is 25.1. The predicted molar refractivity (Wildman–Crippen MR) is 137 cm³/mol. The first-order valence-electron chi connectivity index (χ1n) is 10.8. The van der Waals surface area contributed by atoms with E-state index in [9.17, 15) is 14.4 Å². The fraction of sp³-hybridized carbons (Fsp3) is 0.115. The van der Waals surface area contributed by atoms with Gasteiger partial charge in [-0.05, 0) is 48.0 Å². The van der Waals surface area contributed by atoms with E-state index in [-0.39, 0.29) is 12.3 Å². The Bertz CT molecular complexity index is 1340. The smallest absolute Gasteiger partial charge is 0.329 e. The third kappa shape index (κ3) is 5.97. The number of hydrogen-bond donors (Lipinski definition) is 2. The summed E-state index contributed by atoms with van der Waals surface area (Å²) in [7, 11) is 1.48. The molecule has 10 heteroatoms. The Morgan fingerprint density at radius 1 is 1.06 bits per heavy atom. The number of carbonyl (C=O) groups excluding carboxylic acids is 3. The molecular formula is C26H21Cl2N3O5. The monoisotopic (exact) mass is 525 g/mol. The topological polar surface area (TPSA) is 97.0 Å². The number of amides is 4. The van der Waals surface area contributed by atoms with Gasteiger partial charge in [0.25, 0.3) is 5.91 Å². The highest BCUT2D eigenvalue weighted by Crippen LogP contribution is 2.25. The first-order valence-corrected chi connectivity index (χ1v) is 11.5. The van der Waals surface area contributed by atoms with Crippen LogP contribution in [0.5, 0.6) is 11.5 Å². The summed E-state index contributed by atoms with van der Waals surface area (Å²) in [6, 6.07) is 18.3. The number of ether oxygens (including phenoxy) is 2. The van der Waals surface area contributed by atoms with Gasteiger partial charge in [0.05, 0.1) is 12.8 Å². The fourth-order valence-corrected chi connectivity index (χ4v) is 3.89. The molecular weight excluding hydrogens is 505 g/mol. The molecule has 1 fully saturated rings. The number of rotatable bonds is 8. The zero-order valence-electron chi connectivity index (χ0n) is 19.1. The molecule has 4 rings (SSSR count). The van der Waals surface area contributed by atoms with Gasteiger partial charge in [0, 0.05) is 15.6 Å². The quantitative estimate of drug-likeness (QED) is 0.314. The van der Waals surface area contributed by atoms with Crippen LogP contribution >= 0.6 is 23.2 Å². The van der Waals surface area contributed by atoms with Crippen LogP contribution in [0.3, 0.4) is 0 Å². The Labute approximate surface area is 217 Å². The Morgan fingerprint density at radius 3 is 2.53 bits per heavy atom. The molecule has 1 heterocycles. The molecule has 184 valence electrons. The maximum Gasteiger partial charge on any atom is 0.329 e. The molecule has 0 spiro atoms. The Hall–Kier alpha value is -4.01. The van der Waals surface area contributed by atoms with Crippen molar-refractivity contribution in [3.05, 3.63) is 93.6 Å². The molecule has 3 aromatic rings. The normalized spacial score (nSPS) is 14.1. The Morgan fingerprint density at radius 2 is 1.81 bits per heavy atom. The molecule has 0 aromatic heterocycles. The lowest BCUT2D eigenvalue weighted by Crippen LogP contribution is -2.38. The first-order chi connectivity index (χ1) is 17.3. The molecule has 0 saturated carbocycles. The number of urea groups is 1. The zero-order chi connectivity index (χ0) is 25.7. The zero-order valence-corrected chi connectivity index (χ0v) is 20.6. The van der Waals surface area contributed by atoms with Gasteiger partial charge < -0.3 is 20.1 Å². The van der Waals surface area contributed by atoms with E-state index in [1.54, 1.807) is 66.7 Å². The summed E-state index contributed by atoms with van der Waals surface area (Å²) >= 11 is 12.1. The second-order valence-corrected chi connectivity index (χ2v) is 8.57. The average molecular weight is 526 g/mol. The lowest BCUT2D eigenvalue weighted by Gasteiger charge is -2.13. The standard InChI is InChI=1S/C26H21Cl2N3O5/c1-35-23-5-3-2-4-21(23)29-24(32)14-31-25(33)22(30-26(31)34)12-16-6-10-19(11-7-16)36-15-17-8-9-18(27)13-20(17)28/h2-13H,14-15H2,1H3,(H,29,32)(H,30,34)/b22-12+. The number of anilines is 1. The van der Waals surface area contributed by atoms with Crippen molar-refractivity contribution in [3.8, 4) is 11.5 Å². The van der Waals surface area contributed by atoms with Crippen LogP contribution in [0.4, 0.5) is 10.5 Å². The van der Waals surface area contributed by atoms with Crippen molar-refractivity contribution >= 4 is 52.8 Å². The highest BCUT2D eigenvalue weighted by Gasteiger charge is 2.35. The van der Waals surface area contributed by atoms with Gasteiger partial charge in [0.1, 0.15) is 30.3 Å². The summed E-state index contributed by atoms with van der Waals surface area (Å²) in [5.41, 5.74) is 1.96. The van der Waals surface area contributed by atoms with Crippen LogP contribution < -0.4 is 20.1 Å². The molecule has 1 saturated heterocycles. The van der Waals surface area contributed by atoms with Gasteiger partial charge in [-0.15, -0.1) is 0 Å². The minimum atomic E-state index is -0.679. The second-order valence-electron chi connectivity index (χ2n) is 7.72. The summed E-state index contributed by atoms with van der Waals surface area (Å²) < 4.78 is 10.9. The van der Waals surface area contributed by atoms with Crippen LogP contribution in [0, 0.1) is 0 Å². The van der Waals surface area contributed by atoms with E-state index in [0.717, 1.165) is 10.5 Å². The molecule has 8 nitrogen and oxygen atoms in total. The maximum absolute atomic E-state index is 12.7. The van der Waals surface area contributed by atoms with E-state index in [1.807, 2.05) is 0 Å². The second kappa shape index (κ2) is 11.2. The van der Waals surface area contributed by atoms with E-state index in [2.05, 4.69) is 10.6 Å². The summed E-state index contributed by atoms with van der Waals surface area (Å²) in [5, 5.41) is 6.21. The Balaban J connectivity index is 1.37. The van der Waals surface area contributed by atoms with E-state index in [1.165, 1.54) is 13.2 Å². The number of methoxy groups -OCH3 is 1. The SMILES string of the molecule is COc1ccccc1NC(=O)CN1C(=O)N/C(=C/c2ccc(OCc3ccc(Cl)cc3Cl)cc2)C1=O. The number of benzene rings is 3. The van der Waals surface area contributed by atoms with Crippen LogP contribution in [0.1, 0.15) is 11.1 Å². The van der Waals surface area contributed by atoms with Crippen molar-refractivity contribution in [1.29, 1.82) is 0 Å². The molecule has 0 aliphatic carbocycles. The Kier molecular flexibility index (Phi) is 7.77. The van der Waals surface area contributed by atoms with Crippen molar-refractivity contribution in [2.45, 2.75) is 6.61 Å². The van der Waals surface area contributed by atoms with Crippen molar-refractivity contribution in [1.82, 2.24) is 10.2 Å². The number of imide groups is 1. The summed E-state index contributed by atoms with van der Waals surface area (Å²) in [6.07, 6.45) is 1.53. The highest BCUT2D eigenvalue weighted by atomic mass is 35.5. The predicted octanol–water partition coefficient (Wildman–Crippen LogP) is 5.11. The van der Waals surface area contributed by atoms with Crippen LogP contribution in [-0.4, -0.2) is 36.4 Å². The highest BCUT2D eigenvalue weighted by molar-refractivity contribution is 6.35. The molecule has 1 aliphatic rings. The van der Waals surface area contributed by atoms with Crippen LogP contribution in [0.15, 0.2) is 72.4 Å². The van der Waals surface area contributed by atoms with E-state index in [4.69, 9.17) is 32.7 Å². The lowest BCUT2D eigenvalue weighted by molar-refractivity contribution is -0.127. The molecule has 0 radical (unpaired) electrons. The molecule has 3 aromatic carbocycles. The van der Waals surface area contributed by atoms with Gasteiger partial charge in [-0.3, -0.25) is 9.59 Å². The molecule has 1 aliphatic heterocycles. The van der Waals surface area contributed by atoms with Crippen molar-refractivity contribution < 1.29 is 23.9 Å². The third-order valence-corrected chi connectivity index (χ3v) is 5.83. The number of nitrogens with one attached hydrogen (secondary N) is 2. The number of halogens is 2. The third-order valence-electron chi connectivity index (χ3n) is 5.25. The molecule has 0 atom stereocenters. The van der Waals surface area contributed by atoms with Gasteiger partial charge >= 0.3 is 6.03 Å². The number of para-hydroxylation sites is 2. The van der Waals surface area contributed by atoms with Crippen LogP contribution in [0.2, 0.25) is 10.0 Å². The largest absolute Gasteiger partial charge is 0.495 e. The minimum Gasteiger partial charge on any atom is -0.495 e. The van der Waals surface area contributed by atoms with Crippen molar-refractivity contribution in [2.75, 3.05) is 19.0 Å². The van der Waals surface area contributed by atoms with E-state index in [0.29, 0.717) is 32.8 Å². The number of nitrogens with zero attached hydrogens (tertiary/aromatic N) is 1.